The van der Waals surface area contributed by atoms with Crippen LogP contribution in [0.5, 0.6) is 0 Å². The topological polar surface area (TPSA) is 92.9 Å². The molecule has 0 saturated carbocycles. The Labute approximate surface area is 112 Å². The van der Waals surface area contributed by atoms with Crippen molar-refractivity contribution < 1.29 is 18.3 Å². The van der Waals surface area contributed by atoms with Crippen molar-refractivity contribution in [2.45, 2.75) is 17.9 Å². The van der Waals surface area contributed by atoms with Gasteiger partial charge in [-0.2, -0.15) is 0 Å². The molecule has 1 aliphatic heterocycles. The Balaban J connectivity index is 2.20. The van der Waals surface area contributed by atoms with Gasteiger partial charge in [0.15, 0.2) is 0 Å². The summed E-state index contributed by atoms with van der Waals surface area (Å²) in [6, 6.07) is 4.80. The van der Waals surface area contributed by atoms with Crippen LogP contribution in [0, 0.1) is 6.92 Å². The number of aliphatic hydroxyl groups is 1. The van der Waals surface area contributed by atoms with Crippen LogP contribution in [0.15, 0.2) is 23.1 Å². The quantitative estimate of drug-likeness (QED) is 0.810. The number of hydrogen-bond acceptors (Lipinski definition) is 5. The lowest BCUT2D eigenvalue weighted by Gasteiger charge is -2.19. The second-order valence-corrected chi connectivity index (χ2v) is 6.23. The summed E-state index contributed by atoms with van der Waals surface area (Å²) in [4.78, 5) is 2.02. The minimum absolute atomic E-state index is 0.0571. The van der Waals surface area contributed by atoms with Crippen molar-refractivity contribution in [2.75, 3.05) is 26.4 Å². The molecule has 7 heteroatoms. The summed E-state index contributed by atoms with van der Waals surface area (Å²) < 4.78 is 28.1. The van der Waals surface area contributed by atoms with Crippen molar-refractivity contribution in [1.82, 2.24) is 4.90 Å². The number of hydrogen-bond donors (Lipinski definition) is 2. The first-order valence-corrected chi connectivity index (χ1v) is 7.54. The summed E-state index contributed by atoms with van der Waals surface area (Å²) in [7, 11) is -3.77. The molecule has 0 amide bonds. The summed E-state index contributed by atoms with van der Waals surface area (Å²) in [6.45, 7) is 4.00. The van der Waals surface area contributed by atoms with E-state index in [2.05, 4.69) is 0 Å². The summed E-state index contributed by atoms with van der Waals surface area (Å²) in [5.41, 5.74) is 1.12. The minimum Gasteiger partial charge on any atom is -0.387 e. The van der Waals surface area contributed by atoms with Gasteiger partial charge in [0.25, 0.3) is 0 Å². The standard InChI is InChI=1S/C12H18N2O4S/c1-9-2-3-10(6-12(9)19(13,16)17)11(15)7-14-4-5-18-8-14/h2-3,6,11,15H,4-5,7-8H2,1H3,(H2,13,16,17). The van der Waals surface area contributed by atoms with Crippen molar-refractivity contribution in [1.29, 1.82) is 0 Å². The molecule has 6 nitrogen and oxygen atoms in total. The molecule has 0 radical (unpaired) electrons. The second kappa shape index (κ2) is 5.56. The van der Waals surface area contributed by atoms with Crippen LogP contribution in [-0.4, -0.2) is 44.9 Å². The predicted octanol–water partition coefficient (Wildman–Crippen LogP) is -0.0345. The average molecular weight is 286 g/mol. The zero-order valence-corrected chi connectivity index (χ0v) is 11.6. The van der Waals surface area contributed by atoms with Crippen LogP contribution in [-0.2, 0) is 14.8 Å². The highest BCUT2D eigenvalue weighted by molar-refractivity contribution is 7.89. The molecule has 1 aromatic rings. The molecule has 1 fully saturated rings. The van der Waals surface area contributed by atoms with Gasteiger partial charge in [-0.3, -0.25) is 4.90 Å². The Morgan fingerprint density at radius 2 is 2.26 bits per heavy atom. The van der Waals surface area contributed by atoms with Gasteiger partial charge in [0.1, 0.15) is 0 Å². The Morgan fingerprint density at radius 3 is 2.84 bits per heavy atom. The van der Waals surface area contributed by atoms with Crippen molar-refractivity contribution in [2.24, 2.45) is 5.14 Å². The molecule has 1 aromatic carbocycles. The van der Waals surface area contributed by atoms with Gasteiger partial charge in [0.05, 0.1) is 24.3 Å². The van der Waals surface area contributed by atoms with Crippen LogP contribution in [0.2, 0.25) is 0 Å². The maximum Gasteiger partial charge on any atom is 0.238 e. The predicted molar refractivity (Wildman–Crippen MR) is 69.9 cm³/mol. The van der Waals surface area contributed by atoms with Crippen LogP contribution >= 0.6 is 0 Å². The number of primary sulfonamides is 1. The fourth-order valence-electron chi connectivity index (χ4n) is 2.08. The van der Waals surface area contributed by atoms with Crippen LogP contribution in [0.4, 0.5) is 0 Å². The van der Waals surface area contributed by atoms with Crippen molar-refractivity contribution in [3.05, 3.63) is 29.3 Å². The molecule has 2 rings (SSSR count). The molecular weight excluding hydrogens is 268 g/mol. The van der Waals surface area contributed by atoms with E-state index in [0.29, 0.717) is 31.0 Å². The number of aryl methyl sites for hydroxylation is 1. The fourth-order valence-corrected chi connectivity index (χ4v) is 2.89. The monoisotopic (exact) mass is 286 g/mol. The van der Waals surface area contributed by atoms with E-state index in [0.717, 1.165) is 6.54 Å². The largest absolute Gasteiger partial charge is 0.387 e. The highest BCUT2D eigenvalue weighted by Gasteiger charge is 2.19. The molecule has 1 atom stereocenters. The van der Waals surface area contributed by atoms with Gasteiger partial charge in [0, 0.05) is 13.1 Å². The summed E-state index contributed by atoms with van der Waals surface area (Å²) >= 11 is 0. The number of nitrogens with two attached hydrogens (primary N) is 1. The molecule has 0 aliphatic carbocycles. The Morgan fingerprint density at radius 1 is 1.53 bits per heavy atom. The first-order valence-electron chi connectivity index (χ1n) is 5.99. The van der Waals surface area contributed by atoms with Gasteiger partial charge >= 0.3 is 0 Å². The zero-order valence-electron chi connectivity index (χ0n) is 10.7. The van der Waals surface area contributed by atoms with Crippen LogP contribution in [0.25, 0.3) is 0 Å². The smallest absolute Gasteiger partial charge is 0.238 e. The molecule has 1 saturated heterocycles. The maximum absolute atomic E-state index is 11.4. The van der Waals surface area contributed by atoms with Crippen molar-refractivity contribution >= 4 is 10.0 Å². The van der Waals surface area contributed by atoms with Crippen LogP contribution in [0.3, 0.4) is 0 Å². The molecule has 1 unspecified atom stereocenters. The normalized spacial score (nSPS) is 18.7. The first kappa shape index (κ1) is 14.4. The Kier molecular flexibility index (Phi) is 4.22. The number of ether oxygens (including phenoxy) is 1. The van der Waals surface area contributed by atoms with Gasteiger partial charge in [-0.25, -0.2) is 13.6 Å². The van der Waals surface area contributed by atoms with Gasteiger partial charge in [0.2, 0.25) is 10.0 Å². The van der Waals surface area contributed by atoms with Crippen molar-refractivity contribution in [3.63, 3.8) is 0 Å². The molecule has 1 heterocycles. The second-order valence-electron chi connectivity index (χ2n) is 4.70. The zero-order chi connectivity index (χ0) is 14.0. The number of sulfonamides is 1. The van der Waals surface area contributed by atoms with E-state index in [4.69, 9.17) is 9.88 Å². The molecule has 1 aliphatic rings. The molecule has 0 aromatic heterocycles. The molecule has 0 spiro atoms. The highest BCUT2D eigenvalue weighted by atomic mass is 32.2. The SMILES string of the molecule is Cc1ccc(C(O)CN2CCOC2)cc1S(N)(=O)=O. The number of rotatable bonds is 4. The lowest BCUT2D eigenvalue weighted by atomic mass is 10.1. The van der Waals surface area contributed by atoms with Gasteiger partial charge in [-0.05, 0) is 24.1 Å². The van der Waals surface area contributed by atoms with E-state index in [1.165, 1.54) is 6.07 Å². The van der Waals surface area contributed by atoms with Crippen LogP contribution < -0.4 is 5.14 Å². The summed E-state index contributed by atoms with van der Waals surface area (Å²) in [6.07, 6.45) is -0.761. The number of nitrogens with zero attached hydrogens (tertiary/aromatic N) is 1. The minimum atomic E-state index is -3.77. The molecule has 3 N–H and O–H groups in total. The molecule has 0 bridgehead atoms. The maximum atomic E-state index is 11.4. The number of benzene rings is 1. The highest BCUT2D eigenvalue weighted by Crippen LogP contribution is 2.21. The Hall–Kier alpha value is -0.990. The fraction of sp³-hybridized carbons (Fsp3) is 0.500. The third-order valence-corrected chi connectivity index (χ3v) is 4.21. The third kappa shape index (κ3) is 3.52. The van der Waals surface area contributed by atoms with E-state index < -0.39 is 16.1 Å². The van der Waals surface area contributed by atoms with E-state index in [1.807, 2.05) is 4.90 Å². The Bertz CT molecular complexity index is 553. The lowest BCUT2D eigenvalue weighted by molar-refractivity contribution is 0.0870. The first-order chi connectivity index (χ1) is 8.88. The van der Waals surface area contributed by atoms with E-state index in [9.17, 15) is 13.5 Å². The lowest BCUT2D eigenvalue weighted by Crippen LogP contribution is -2.26. The summed E-state index contributed by atoms with van der Waals surface area (Å²) in [5, 5.41) is 15.3. The molecule has 19 heavy (non-hydrogen) atoms. The van der Waals surface area contributed by atoms with E-state index in [-0.39, 0.29) is 4.90 Å². The van der Waals surface area contributed by atoms with Crippen LogP contribution in [0.1, 0.15) is 17.2 Å². The van der Waals surface area contributed by atoms with Gasteiger partial charge < -0.3 is 9.84 Å². The third-order valence-electron chi connectivity index (χ3n) is 3.16. The number of β-amino-alcohol motifs (C(OH)–C–C–N with tert-alkyl or cyclic N) is 1. The molecule has 106 valence electrons. The van der Waals surface area contributed by atoms with E-state index >= 15 is 0 Å². The average Bonchev–Trinajstić information content (AvgIpc) is 2.80. The van der Waals surface area contributed by atoms with Gasteiger partial charge in [-0.1, -0.05) is 12.1 Å². The van der Waals surface area contributed by atoms with Gasteiger partial charge in [-0.15, -0.1) is 0 Å². The van der Waals surface area contributed by atoms with Crippen molar-refractivity contribution in [3.8, 4) is 0 Å². The number of aliphatic hydroxyl groups excluding tert-OH is 1. The van der Waals surface area contributed by atoms with E-state index in [1.54, 1.807) is 19.1 Å². The summed E-state index contributed by atoms with van der Waals surface area (Å²) in [5.74, 6) is 0. The molecular formula is C12H18N2O4S.